The van der Waals surface area contributed by atoms with Crippen LogP contribution in [-0.2, 0) is 18.9 Å². The standard InChI is InChI=1S/C55H64O13/c1-31-25-36(19-23-43(31)61-48(57)65-52(5,6)7)38-27-33(3)46(63-50(59)67-54(11,12)13)41(29-38)45(35-17-21-40(56)22-18-35)42-30-39(28-34(4)47(42)64-51(60)68-55(14,15)16)37-20-24-44(32(2)26-37)62-49(58)66-53(8,9)10/h17-30,45,56H,1-16H3. The van der Waals surface area contributed by atoms with Crippen molar-refractivity contribution in [2.75, 3.05) is 0 Å². The van der Waals surface area contributed by atoms with Crippen molar-refractivity contribution in [3.8, 4) is 51.0 Å². The highest BCUT2D eigenvalue weighted by atomic mass is 16.7. The highest BCUT2D eigenvalue weighted by molar-refractivity contribution is 5.78. The van der Waals surface area contributed by atoms with E-state index in [4.69, 9.17) is 37.9 Å². The number of phenols is 1. The van der Waals surface area contributed by atoms with Crippen molar-refractivity contribution in [3.05, 3.63) is 124 Å². The molecule has 0 bridgehead atoms. The Morgan fingerprint density at radius 3 is 1.01 bits per heavy atom. The van der Waals surface area contributed by atoms with Crippen LogP contribution in [0.1, 0.15) is 128 Å². The molecule has 0 fully saturated rings. The van der Waals surface area contributed by atoms with Crippen LogP contribution in [0.3, 0.4) is 0 Å². The van der Waals surface area contributed by atoms with Gasteiger partial charge in [0.1, 0.15) is 51.2 Å². The lowest BCUT2D eigenvalue weighted by Crippen LogP contribution is -2.27. The second-order valence-corrected chi connectivity index (χ2v) is 20.7. The van der Waals surface area contributed by atoms with Crippen LogP contribution < -0.4 is 18.9 Å². The number of ether oxygens (including phenoxy) is 8. The van der Waals surface area contributed by atoms with Crippen LogP contribution in [-0.4, -0.2) is 52.1 Å². The van der Waals surface area contributed by atoms with Crippen molar-refractivity contribution >= 4 is 24.6 Å². The number of carbonyl (C=O) groups excluding carboxylic acids is 4. The molecule has 362 valence electrons. The lowest BCUT2D eigenvalue weighted by molar-refractivity contribution is 0.0189. The smallest absolute Gasteiger partial charge is 0.508 e. The molecule has 0 heterocycles. The molecule has 0 saturated carbocycles. The normalized spacial score (nSPS) is 12.0. The molecule has 0 aromatic heterocycles. The van der Waals surface area contributed by atoms with Gasteiger partial charge in [0.05, 0.1) is 0 Å². The van der Waals surface area contributed by atoms with Crippen molar-refractivity contribution in [1.29, 1.82) is 0 Å². The minimum absolute atomic E-state index is 0.00569. The molecule has 0 unspecified atom stereocenters. The highest BCUT2D eigenvalue weighted by Crippen LogP contribution is 2.47. The Balaban J connectivity index is 1.81. The Morgan fingerprint density at radius 2 is 0.706 bits per heavy atom. The molecule has 0 spiro atoms. The van der Waals surface area contributed by atoms with Gasteiger partial charge in [0.2, 0.25) is 0 Å². The summed E-state index contributed by atoms with van der Waals surface area (Å²) in [5.74, 6) is 0.0907. The SMILES string of the molecule is Cc1cc(-c2cc(C)c(OC(=O)OC(C)(C)C)c(C(c3ccc(O)cc3)c3cc(-c4ccc(OC(=O)OC(C)(C)C)c(C)c4)cc(C)c3OC(=O)OC(C)(C)C)c2)ccc1OC(=O)OC(C)(C)C. The van der Waals surface area contributed by atoms with Gasteiger partial charge in [0.15, 0.2) is 0 Å². The van der Waals surface area contributed by atoms with Gasteiger partial charge >= 0.3 is 24.6 Å². The Labute approximate surface area is 399 Å². The van der Waals surface area contributed by atoms with E-state index in [1.807, 2.05) is 50.2 Å². The maximum absolute atomic E-state index is 13.7. The zero-order chi connectivity index (χ0) is 50.7. The number of hydrogen-bond acceptors (Lipinski definition) is 13. The molecule has 5 rings (SSSR count). The van der Waals surface area contributed by atoms with Crippen LogP contribution in [0, 0.1) is 27.7 Å². The van der Waals surface area contributed by atoms with E-state index in [0.717, 1.165) is 11.1 Å². The number of benzene rings is 5. The van der Waals surface area contributed by atoms with Crippen molar-refractivity contribution in [3.63, 3.8) is 0 Å². The van der Waals surface area contributed by atoms with Crippen molar-refractivity contribution in [1.82, 2.24) is 0 Å². The van der Waals surface area contributed by atoms with Gasteiger partial charge in [-0.3, -0.25) is 0 Å². The van der Waals surface area contributed by atoms with Crippen molar-refractivity contribution in [2.24, 2.45) is 0 Å². The van der Waals surface area contributed by atoms with E-state index in [9.17, 15) is 24.3 Å². The lowest BCUT2D eigenvalue weighted by Gasteiger charge is -2.28. The van der Waals surface area contributed by atoms with E-state index in [1.165, 1.54) is 12.1 Å². The van der Waals surface area contributed by atoms with E-state index in [2.05, 4.69) is 0 Å². The molecule has 13 heteroatoms. The molecular weight excluding hydrogens is 869 g/mol. The van der Waals surface area contributed by atoms with Gasteiger partial charge in [-0.2, -0.15) is 0 Å². The van der Waals surface area contributed by atoms with Gasteiger partial charge in [-0.15, -0.1) is 0 Å². The molecule has 5 aromatic rings. The molecule has 0 saturated heterocycles. The number of rotatable bonds is 9. The quantitative estimate of drug-likeness (QED) is 0.0644. The van der Waals surface area contributed by atoms with Gasteiger partial charge < -0.3 is 43.0 Å². The third kappa shape index (κ3) is 14.5. The molecule has 0 radical (unpaired) electrons. The number of aryl methyl sites for hydroxylation is 4. The third-order valence-corrected chi connectivity index (χ3v) is 9.79. The van der Waals surface area contributed by atoms with Crippen molar-refractivity contribution < 1.29 is 62.2 Å². The van der Waals surface area contributed by atoms with E-state index < -0.39 is 52.9 Å². The Hall–Kier alpha value is -7.02. The molecule has 0 aliphatic carbocycles. The van der Waals surface area contributed by atoms with E-state index >= 15 is 0 Å². The zero-order valence-electron chi connectivity index (χ0n) is 42.0. The summed E-state index contributed by atoms with van der Waals surface area (Å²) < 4.78 is 45.6. The van der Waals surface area contributed by atoms with Gasteiger partial charge in [-0.1, -0.05) is 24.3 Å². The van der Waals surface area contributed by atoms with Gasteiger partial charge in [-0.25, -0.2) is 19.2 Å². The number of hydrogen-bond donors (Lipinski definition) is 1. The van der Waals surface area contributed by atoms with Crippen LogP contribution in [0.25, 0.3) is 22.3 Å². The van der Waals surface area contributed by atoms with Gasteiger partial charge in [0, 0.05) is 17.0 Å². The fourth-order valence-corrected chi connectivity index (χ4v) is 7.15. The average Bonchev–Trinajstić information content (AvgIpc) is 3.16. The summed E-state index contributed by atoms with van der Waals surface area (Å²) in [6.07, 6.45) is -3.57. The topological polar surface area (TPSA) is 162 Å². The van der Waals surface area contributed by atoms with E-state index in [0.29, 0.717) is 61.6 Å². The zero-order valence-corrected chi connectivity index (χ0v) is 42.0. The fraction of sp³-hybridized carbons (Fsp3) is 0.382. The summed E-state index contributed by atoms with van der Waals surface area (Å²) in [4.78, 5) is 52.6. The molecule has 68 heavy (non-hydrogen) atoms. The third-order valence-electron chi connectivity index (χ3n) is 9.79. The van der Waals surface area contributed by atoms with Gasteiger partial charge in [-0.05, 0) is 222 Å². The first-order valence-electron chi connectivity index (χ1n) is 22.3. The summed E-state index contributed by atoms with van der Waals surface area (Å²) in [6, 6.07) is 24.7. The molecule has 0 atom stereocenters. The van der Waals surface area contributed by atoms with Crippen molar-refractivity contribution in [2.45, 2.75) is 139 Å². The summed E-state index contributed by atoms with van der Waals surface area (Å²) in [5, 5.41) is 10.6. The molecule has 1 N–H and O–H groups in total. The fourth-order valence-electron chi connectivity index (χ4n) is 7.15. The number of phenolic OH excluding ortho intramolecular Hbond substituents is 1. The average molecular weight is 933 g/mol. The van der Waals surface area contributed by atoms with Crippen LogP contribution in [0.5, 0.6) is 28.7 Å². The Kier molecular flexibility index (Phi) is 15.3. The maximum Gasteiger partial charge on any atom is 0.514 e. The molecule has 0 aliphatic rings. The predicted molar refractivity (Wildman–Crippen MR) is 259 cm³/mol. The second-order valence-electron chi connectivity index (χ2n) is 20.7. The minimum Gasteiger partial charge on any atom is -0.508 e. The molecule has 13 nitrogen and oxygen atoms in total. The maximum atomic E-state index is 13.7. The first kappa shape index (κ1) is 52.0. The second kappa shape index (κ2) is 20.1. The predicted octanol–water partition coefficient (Wildman–Crippen LogP) is 14.4. The van der Waals surface area contributed by atoms with Crippen LogP contribution in [0.15, 0.2) is 84.9 Å². The number of aromatic hydroxyl groups is 1. The number of carbonyl (C=O) groups is 4. The highest BCUT2D eigenvalue weighted by Gasteiger charge is 2.32. The Bertz CT molecular complexity index is 2520. The Morgan fingerprint density at radius 1 is 0.397 bits per heavy atom. The molecule has 0 amide bonds. The first-order valence-corrected chi connectivity index (χ1v) is 22.3. The summed E-state index contributed by atoms with van der Waals surface area (Å²) >= 11 is 0. The lowest BCUT2D eigenvalue weighted by atomic mass is 9.80. The van der Waals surface area contributed by atoms with Crippen LogP contribution in [0.2, 0.25) is 0 Å². The van der Waals surface area contributed by atoms with Gasteiger partial charge in [0.25, 0.3) is 0 Å². The monoisotopic (exact) mass is 932 g/mol. The van der Waals surface area contributed by atoms with Crippen LogP contribution in [0.4, 0.5) is 19.2 Å². The van der Waals surface area contributed by atoms with E-state index in [1.54, 1.807) is 133 Å². The molecule has 0 aliphatic heterocycles. The molecule has 5 aromatic carbocycles. The summed E-state index contributed by atoms with van der Waals surface area (Å²) in [7, 11) is 0. The molecular formula is C55H64O13. The summed E-state index contributed by atoms with van der Waals surface area (Å²) in [5.41, 5.74) is 3.50. The van der Waals surface area contributed by atoms with Crippen LogP contribution >= 0.6 is 0 Å². The minimum atomic E-state index is -0.946. The van der Waals surface area contributed by atoms with E-state index in [-0.39, 0.29) is 17.2 Å². The summed E-state index contributed by atoms with van der Waals surface area (Å²) in [6.45, 7) is 28.1. The first-order chi connectivity index (χ1) is 31.3. The largest absolute Gasteiger partial charge is 0.514 e.